The lowest BCUT2D eigenvalue weighted by atomic mass is 10.1. The molecule has 0 aliphatic carbocycles. The van der Waals surface area contributed by atoms with Gasteiger partial charge in [0.1, 0.15) is 0 Å². The van der Waals surface area contributed by atoms with E-state index >= 15 is 0 Å². The summed E-state index contributed by atoms with van der Waals surface area (Å²) in [5.74, 6) is -1.02. The molecule has 1 aromatic rings. The molecule has 20 heavy (non-hydrogen) atoms. The van der Waals surface area contributed by atoms with E-state index in [0.29, 0.717) is 13.1 Å². The molecule has 0 spiro atoms. The molecule has 1 aromatic carbocycles. The topological polar surface area (TPSA) is 98.9 Å². The molecular formula is C13H16N4O3. The fourth-order valence-corrected chi connectivity index (χ4v) is 2.78. The number of benzene rings is 1. The molecule has 1 unspecified atom stereocenters. The predicted octanol–water partition coefficient (Wildman–Crippen LogP) is 0.181. The third kappa shape index (κ3) is 2.01. The summed E-state index contributed by atoms with van der Waals surface area (Å²) in [5, 5.41) is 11.8. The second-order valence-electron chi connectivity index (χ2n) is 5.06. The summed E-state index contributed by atoms with van der Waals surface area (Å²) in [6.45, 7) is 2.76. The fourth-order valence-electron chi connectivity index (χ4n) is 2.78. The van der Waals surface area contributed by atoms with Crippen LogP contribution in [0.1, 0.15) is 10.4 Å². The van der Waals surface area contributed by atoms with Crippen molar-refractivity contribution in [3.05, 3.63) is 23.8 Å². The summed E-state index contributed by atoms with van der Waals surface area (Å²) in [7, 11) is 0. The van der Waals surface area contributed by atoms with Crippen molar-refractivity contribution >= 4 is 23.4 Å². The monoisotopic (exact) mass is 276 g/mol. The van der Waals surface area contributed by atoms with E-state index in [1.807, 2.05) is 4.90 Å². The number of carbonyl (C=O) groups is 2. The number of carbonyl (C=O) groups excluding carboxylic acids is 1. The number of nitrogen functional groups attached to an aromatic ring is 1. The Balaban J connectivity index is 1.79. The number of carboxylic acids is 1. The van der Waals surface area contributed by atoms with Gasteiger partial charge in [0, 0.05) is 37.6 Å². The zero-order chi connectivity index (χ0) is 14.3. The Labute approximate surface area is 116 Å². The Morgan fingerprint density at radius 3 is 2.90 bits per heavy atom. The summed E-state index contributed by atoms with van der Waals surface area (Å²) in [5.41, 5.74) is 7.05. The molecule has 2 amide bonds. The second-order valence-corrected chi connectivity index (χ2v) is 5.06. The molecule has 1 atom stereocenters. The highest BCUT2D eigenvalue weighted by molar-refractivity contribution is 5.94. The number of carboxylic acid groups (broad SMARTS) is 1. The number of fused-ring (bicyclic) bond motifs is 1. The molecule has 0 radical (unpaired) electrons. The Morgan fingerprint density at radius 1 is 1.40 bits per heavy atom. The van der Waals surface area contributed by atoms with Gasteiger partial charge < -0.3 is 26.0 Å². The number of nitrogens with zero attached hydrogens (tertiary/aromatic N) is 2. The van der Waals surface area contributed by atoms with Gasteiger partial charge in [-0.3, -0.25) is 0 Å². The van der Waals surface area contributed by atoms with Crippen LogP contribution in [0.2, 0.25) is 0 Å². The number of nitrogens with two attached hydrogens (primary N) is 1. The largest absolute Gasteiger partial charge is 0.478 e. The van der Waals surface area contributed by atoms with Crippen LogP contribution in [0.4, 0.5) is 16.2 Å². The van der Waals surface area contributed by atoms with E-state index in [2.05, 4.69) is 10.2 Å². The van der Waals surface area contributed by atoms with Gasteiger partial charge in [0.25, 0.3) is 0 Å². The predicted molar refractivity (Wildman–Crippen MR) is 73.9 cm³/mol. The Kier molecular flexibility index (Phi) is 2.89. The smallest absolute Gasteiger partial charge is 0.337 e. The van der Waals surface area contributed by atoms with Gasteiger partial charge >= 0.3 is 12.0 Å². The summed E-state index contributed by atoms with van der Waals surface area (Å²) < 4.78 is 0. The normalized spacial score (nSPS) is 21.6. The van der Waals surface area contributed by atoms with Crippen molar-refractivity contribution < 1.29 is 14.7 Å². The van der Waals surface area contributed by atoms with Crippen molar-refractivity contribution in [3.8, 4) is 0 Å². The van der Waals surface area contributed by atoms with Crippen LogP contribution in [0.3, 0.4) is 0 Å². The molecule has 0 saturated carbocycles. The first-order chi connectivity index (χ1) is 9.56. The van der Waals surface area contributed by atoms with Crippen molar-refractivity contribution in [3.63, 3.8) is 0 Å². The van der Waals surface area contributed by atoms with Crippen molar-refractivity contribution in [2.75, 3.05) is 36.8 Å². The van der Waals surface area contributed by atoms with Gasteiger partial charge in [0.2, 0.25) is 0 Å². The molecule has 7 nitrogen and oxygen atoms in total. The quantitative estimate of drug-likeness (QED) is 0.669. The van der Waals surface area contributed by atoms with Gasteiger partial charge in [-0.1, -0.05) is 0 Å². The summed E-state index contributed by atoms with van der Waals surface area (Å²) in [6.07, 6.45) is 0. The van der Waals surface area contributed by atoms with E-state index in [9.17, 15) is 9.59 Å². The number of hydrogen-bond donors (Lipinski definition) is 3. The number of anilines is 2. The molecule has 2 aliphatic rings. The molecule has 2 heterocycles. The summed E-state index contributed by atoms with van der Waals surface area (Å²) in [4.78, 5) is 26.5. The lowest BCUT2D eigenvalue weighted by Crippen LogP contribution is -2.52. The van der Waals surface area contributed by atoms with E-state index in [1.54, 1.807) is 12.1 Å². The van der Waals surface area contributed by atoms with E-state index in [1.165, 1.54) is 6.07 Å². The van der Waals surface area contributed by atoms with Crippen LogP contribution in [-0.2, 0) is 0 Å². The van der Waals surface area contributed by atoms with Gasteiger partial charge in [-0.15, -0.1) is 0 Å². The minimum atomic E-state index is -1.02. The number of aromatic carboxylic acids is 1. The zero-order valence-electron chi connectivity index (χ0n) is 10.9. The van der Waals surface area contributed by atoms with E-state index in [0.717, 1.165) is 18.8 Å². The van der Waals surface area contributed by atoms with Crippen LogP contribution < -0.4 is 16.0 Å². The van der Waals surface area contributed by atoms with Crippen LogP contribution >= 0.6 is 0 Å². The molecule has 0 aromatic heterocycles. The number of nitrogens with one attached hydrogen (secondary N) is 1. The minimum absolute atomic E-state index is 0.00427. The molecule has 4 N–H and O–H groups in total. The third-order valence-electron chi connectivity index (χ3n) is 3.86. The SMILES string of the molecule is Nc1cc(N2CCN3C(=O)NCC3C2)ccc1C(=O)O. The first-order valence-electron chi connectivity index (χ1n) is 6.48. The average molecular weight is 276 g/mol. The number of urea groups is 1. The highest BCUT2D eigenvalue weighted by atomic mass is 16.4. The van der Waals surface area contributed by atoms with Crippen molar-refractivity contribution in [2.24, 2.45) is 0 Å². The van der Waals surface area contributed by atoms with Crippen molar-refractivity contribution in [1.82, 2.24) is 10.2 Å². The van der Waals surface area contributed by atoms with Crippen molar-refractivity contribution in [2.45, 2.75) is 6.04 Å². The lowest BCUT2D eigenvalue weighted by molar-refractivity contribution is 0.0698. The molecule has 0 bridgehead atoms. The second kappa shape index (κ2) is 4.59. The summed E-state index contributed by atoms with van der Waals surface area (Å²) in [6, 6.07) is 5.13. The molecule has 7 heteroatoms. The zero-order valence-corrected chi connectivity index (χ0v) is 10.9. The average Bonchev–Trinajstić information content (AvgIpc) is 2.79. The van der Waals surface area contributed by atoms with Crippen LogP contribution in [0, 0.1) is 0 Å². The number of rotatable bonds is 2. The standard InChI is InChI=1S/C13H16N4O3/c14-11-5-8(1-2-10(11)12(18)19)16-3-4-17-9(7-16)6-15-13(17)20/h1-2,5,9H,3-4,6-7,14H2,(H,15,20)(H,18,19). The maximum Gasteiger partial charge on any atom is 0.337 e. The van der Waals surface area contributed by atoms with Crippen LogP contribution in [0.15, 0.2) is 18.2 Å². The number of piperazine rings is 1. The van der Waals surface area contributed by atoms with Gasteiger partial charge in [0.05, 0.1) is 11.6 Å². The number of amides is 2. The van der Waals surface area contributed by atoms with Crippen LogP contribution in [0.5, 0.6) is 0 Å². The first kappa shape index (κ1) is 12.6. The van der Waals surface area contributed by atoms with E-state index < -0.39 is 5.97 Å². The molecule has 2 saturated heterocycles. The molecular weight excluding hydrogens is 260 g/mol. The Hall–Kier alpha value is -2.44. The molecule has 3 rings (SSSR count). The van der Waals surface area contributed by atoms with Crippen molar-refractivity contribution in [1.29, 1.82) is 0 Å². The maximum absolute atomic E-state index is 11.5. The van der Waals surface area contributed by atoms with Gasteiger partial charge in [-0.25, -0.2) is 9.59 Å². The Morgan fingerprint density at radius 2 is 2.20 bits per heavy atom. The molecule has 106 valence electrons. The van der Waals surface area contributed by atoms with E-state index in [4.69, 9.17) is 10.8 Å². The van der Waals surface area contributed by atoms with Crippen LogP contribution in [-0.4, -0.2) is 54.2 Å². The fraction of sp³-hybridized carbons (Fsp3) is 0.385. The maximum atomic E-state index is 11.5. The highest BCUT2D eigenvalue weighted by Gasteiger charge is 2.35. The van der Waals surface area contributed by atoms with Gasteiger partial charge in [0.15, 0.2) is 0 Å². The number of hydrogen-bond acceptors (Lipinski definition) is 4. The third-order valence-corrected chi connectivity index (χ3v) is 3.86. The van der Waals surface area contributed by atoms with Crippen LogP contribution in [0.25, 0.3) is 0 Å². The summed E-state index contributed by atoms with van der Waals surface area (Å²) >= 11 is 0. The minimum Gasteiger partial charge on any atom is -0.478 e. The lowest BCUT2D eigenvalue weighted by Gasteiger charge is -2.37. The van der Waals surface area contributed by atoms with Gasteiger partial charge in [-0.05, 0) is 18.2 Å². The first-order valence-corrected chi connectivity index (χ1v) is 6.48. The molecule has 2 fully saturated rings. The van der Waals surface area contributed by atoms with Gasteiger partial charge in [-0.2, -0.15) is 0 Å². The van der Waals surface area contributed by atoms with E-state index in [-0.39, 0.29) is 23.3 Å². The molecule has 2 aliphatic heterocycles. The Bertz CT molecular complexity index is 575. The highest BCUT2D eigenvalue weighted by Crippen LogP contribution is 2.25.